The first-order valence-corrected chi connectivity index (χ1v) is 9.04. The van der Waals surface area contributed by atoms with Gasteiger partial charge in [-0.2, -0.15) is 5.10 Å². The van der Waals surface area contributed by atoms with E-state index in [-0.39, 0.29) is 5.91 Å². The number of aromatic nitrogens is 3. The zero-order chi connectivity index (χ0) is 17.6. The van der Waals surface area contributed by atoms with Gasteiger partial charge in [0.15, 0.2) is 0 Å². The van der Waals surface area contributed by atoms with Gasteiger partial charge in [-0.05, 0) is 38.1 Å². The molecule has 0 saturated heterocycles. The summed E-state index contributed by atoms with van der Waals surface area (Å²) in [5, 5.41) is 7.59. The number of nitrogens with one attached hydrogen (secondary N) is 1. The lowest BCUT2D eigenvalue weighted by atomic mass is 10.2. The van der Waals surface area contributed by atoms with Gasteiger partial charge < -0.3 is 5.32 Å². The Hall–Kier alpha value is -2.60. The molecule has 3 rings (SSSR count). The third-order valence-electron chi connectivity index (χ3n) is 3.92. The van der Waals surface area contributed by atoms with E-state index in [1.807, 2.05) is 61.0 Å². The zero-order valence-electron chi connectivity index (χ0n) is 14.3. The second kappa shape index (κ2) is 7.98. The highest BCUT2D eigenvalue weighted by Gasteiger charge is 2.13. The highest BCUT2D eigenvalue weighted by atomic mass is 32.2. The molecule has 3 aromatic rings. The Morgan fingerprint density at radius 3 is 2.56 bits per heavy atom. The van der Waals surface area contributed by atoms with Crippen molar-refractivity contribution in [3.63, 3.8) is 0 Å². The molecule has 0 aliphatic carbocycles. The minimum absolute atomic E-state index is 0.00748. The molecule has 0 fully saturated rings. The maximum absolute atomic E-state index is 12.1. The van der Waals surface area contributed by atoms with Crippen LogP contribution in [0.4, 0.5) is 0 Å². The molecule has 2 aromatic heterocycles. The Balaban J connectivity index is 1.61. The average Bonchev–Trinajstić information content (AvgIpc) is 2.94. The van der Waals surface area contributed by atoms with E-state index >= 15 is 0 Å². The summed E-state index contributed by atoms with van der Waals surface area (Å²) in [4.78, 5) is 17.1. The topological polar surface area (TPSA) is 59.8 Å². The van der Waals surface area contributed by atoms with Gasteiger partial charge in [0, 0.05) is 35.1 Å². The minimum atomic E-state index is 0.00748. The number of rotatable bonds is 6. The van der Waals surface area contributed by atoms with Crippen LogP contribution in [0.1, 0.15) is 17.0 Å². The third-order valence-corrected chi connectivity index (χ3v) is 4.94. The van der Waals surface area contributed by atoms with Crippen LogP contribution in [0.5, 0.6) is 0 Å². The van der Waals surface area contributed by atoms with Gasteiger partial charge in [0.25, 0.3) is 0 Å². The molecule has 6 heteroatoms. The number of nitrogens with zero attached hydrogens (tertiary/aromatic N) is 3. The fourth-order valence-electron chi connectivity index (χ4n) is 2.57. The summed E-state index contributed by atoms with van der Waals surface area (Å²) in [7, 11) is 0. The largest absolute Gasteiger partial charge is 0.351 e. The monoisotopic (exact) mass is 352 g/mol. The van der Waals surface area contributed by atoms with E-state index in [9.17, 15) is 4.79 Å². The van der Waals surface area contributed by atoms with Crippen molar-refractivity contribution in [2.24, 2.45) is 0 Å². The summed E-state index contributed by atoms with van der Waals surface area (Å²) in [5.41, 5.74) is 4.06. The van der Waals surface area contributed by atoms with E-state index in [1.165, 1.54) is 11.8 Å². The normalized spacial score (nSPS) is 10.6. The summed E-state index contributed by atoms with van der Waals surface area (Å²) in [6, 6.07) is 13.8. The van der Waals surface area contributed by atoms with Crippen LogP contribution in [0.2, 0.25) is 0 Å². The van der Waals surface area contributed by atoms with E-state index in [4.69, 9.17) is 0 Å². The summed E-state index contributed by atoms with van der Waals surface area (Å²) >= 11 is 1.50. The summed E-state index contributed by atoms with van der Waals surface area (Å²) in [6.45, 7) is 4.49. The predicted octanol–water partition coefficient (Wildman–Crippen LogP) is 3.29. The molecule has 2 heterocycles. The summed E-state index contributed by atoms with van der Waals surface area (Å²) < 4.78 is 1.92. The van der Waals surface area contributed by atoms with E-state index in [0.29, 0.717) is 12.3 Å². The van der Waals surface area contributed by atoms with Crippen LogP contribution < -0.4 is 5.32 Å². The van der Waals surface area contributed by atoms with Crippen LogP contribution in [-0.4, -0.2) is 26.4 Å². The molecule has 0 radical (unpaired) electrons. The van der Waals surface area contributed by atoms with Gasteiger partial charge in [-0.1, -0.05) is 18.2 Å². The molecule has 1 amide bonds. The Morgan fingerprint density at radius 1 is 1.12 bits per heavy atom. The first kappa shape index (κ1) is 17.2. The molecule has 25 heavy (non-hydrogen) atoms. The number of benzene rings is 1. The van der Waals surface area contributed by atoms with Gasteiger partial charge >= 0.3 is 0 Å². The molecule has 5 nitrogen and oxygen atoms in total. The third kappa shape index (κ3) is 4.28. The smallest absolute Gasteiger partial charge is 0.230 e. The van der Waals surface area contributed by atoms with Gasteiger partial charge in [0.1, 0.15) is 0 Å². The number of pyridine rings is 1. The molecular formula is C19H20N4OS. The Labute approximate surface area is 151 Å². The zero-order valence-corrected chi connectivity index (χ0v) is 15.1. The van der Waals surface area contributed by atoms with Crippen molar-refractivity contribution in [3.05, 3.63) is 71.8 Å². The van der Waals surface area contributed by atoms with E-state index in [0.717, 1.165) is 27.5 Å². The second-order valence-corrected chi connectivity index (χ2v) is 6.69. The molecule has 0 unspecified atom stereocenters. The SMILES string of the molecule is Cc1nn(-c2ccccc2)c(C)c1CNC(=O)CSc1ccncc1. The lowest BCUT2D eigenvalue weighted by Crippen LogP contribution is -2.25. The lowest BCUT2D eigenvalue weighted by molar-refractivity contribution is -0.118. The van der Waals surface area contributed by atoms with Crippen LogP contribution >= 0.6 is 11.8 Å². The molecule has 128 valence electrons. The van der Waals surface area contributed by atoms with Crippen molar-refractivity contribution >= 4 is 17.7 Å². The number of aryl methyl sites for hydroxylation is 1. The Morgan fingerprint density at radius 2 is 1.84 bits per heavy atom. The molecule has 0 saturated carbocycles. The molecule has 1 aromatic carbocycles. The van der Waals surface area contributed by atoms with Gasteiger partial charge in [0.05, 0.1) is 17.1 Å². The maximum atomic E-state index is 12.1. The molecule has 0 aliphatic rings. The number of carbonyl (C=O) groups excluding carboxylic acids is 1. The second-order valence-electron chi connectivity index (χ2n) is 5.65. The van der Waals surface area contributed by atoms with Gasteiger partial charge in [-0.15, -0.1) is 11.8 Å². The molecule has 0 spiro atoms. The summed E-state index contributed by atoms with van der Waals surface area (Å²) in [5.74, 6) is 0.391. The van der Waals surface area contributed by atoms with E-state index in [2.05, 4.69) is 15.4 Å². The van der Waals surface area contributed by atoms with Gasteiger partial charge in [0.2, 0.25) is 5.91 Å². The Bertz CT molecular complexity index is 847. The minimum Gasteiger partial charge on any atom is -0.351 e. The highest BCUT2D eigenvalue weighted by molar-refractivity contribution is 8.00. The van der Waals surface area contributed by atoms with Crippen LogP contribution in [-0.2, 0) is 11.3 Å². The van der Waals surface area contributed by atoms with E-state index < -0.39 is 0 Å². The molecule has 0 aliphatic heterocycles. The first-order valence-electron chi connectivity index (χ1n) is 8.05. The maximum Gasteiger partial charge on any atom is 0.230 e. The van der Waals surface area contributed by atoms with Crippen LogP contribution in [0.15, 0.2) is 59.8 Å². The lowest BCUT2D eigenvalue weighted by Gasteiger charge is -2.07. The van der Waals surface area contributed by atoms with E-state index in [1.54, 1.807) is 12.4 Å². The highest BCUT2D eigenvalue weighted by Crippen LogP contribution is 2.18. The standard InChI is InChI=1S/C19H20N4OS/c1-14-18(15(2)23(22-14)16-6-4-3-5-7-16)12-21-19(24)13-25-17-8-10-20-11-9-17/h3-11H,12-13H2,1-2H3,(H,21,24). The molecular weight excluding hydrogens is 332 g/mol. The van der Waals surface area contributed by atoms with Gasteiger partial charge in [-0.25, -0.2) is 4.68 Å². The molecule has 0 bridgehead atoms. The van der Waals surface area contributed by atoms with Crippen molar-refractivity contribution in [2.75, 3.05) is 5.75 Å². The van der Waals surface area contributed by atoms with Crippen molar-refractivity contribution in [1.82, 2.24) is 20.1 Å². The fourth-order valence-corrected chi connectivity index (χ4v) is 3.29. The number of hydrogen-bond acceptors (Lipinski definition) is 4. The number of para-hydroxylation sites is 1. The van der Waals surface area contributed by atoms with Crippen molar-refractivity contribution < 1.29 is 4.79 Å². The fraction of sp³-hybridized carbons (Fsp3) is 0.211. The number of hydrogen-bond donors (Lipinski definition) is 1. The quantitative estimate of drug-likeness (QED) is 0.692. The Kier molecular flexibility index (Phi) is 5.50. The first-order chi connectivity index (χ1) is 12.1. The van der Waals surface area contributed by atoms with Crippen molar-refractivity contribution in [1.29, 1.82) is 0 Å². The molecule has 0 atom stereocenters. The predicted molar refractivity (Wildman–Crippen MR) is 99.8 cm³/mol. The van der Waals surface area contributed by atoms with Crippen molar-refractivity contribution in [2.45, 2.75) is 25.3 Å². The number of amides is 1. The van der Waals surface area contributed by atoms with Crippen LogP contribution in [0.3, 0.4) is 0 Å². The number of thioether (sulfide) groups is 1. The van der Waals surface area contributed by atoms with Gasteiger partial charge in [-0.3, -0.25) is 9.78 Å². The van der Waals surface area contributed by atoms with Crippen molar-refractivity contribution in [3.8, 4) is 5.69 Å². The number of carbonyl (C=O) groups is 1. The average molecular weight is 352 g/mol. The molecule has 1 N–H and O–H groups in total. The van der Waals surface area contributed by atoms with Crippen LogP contribution in [0, 0.1) is 13.8 Å². The summed E-state index contributed by atoms with van der Waals surface area (Å²) in [6.07, 6.45) is 3.45. The van der Waals surface area contributed by atoms with Crippen LogP contribution in [0.25, 0.3) is 5.69 Å².